The van der Waals surface area contributed by atoms with E-state index in [0.29, 0.717) is 29.7 Å². The summed E-state index contributed by atoms with van der Waals surface area (Å²) in [4.78, 5) is 23.4. The van der Waals surface area contributed by atoms with Crippen LogP contribution in [-0.2, 0) is 0 Å². The van der Waals surface area contributed by atoms with Crippen molar-refractivity contribution in [3.63, 3.8) is 0 Å². The van der Waals surface area contributed by atoms with Gasteiger partial charge in [0.25, 0.3) is 5.91 Å². The number of hydrogen-bond donors (Lipinski definition) is 1. The minimum atomic E-state index is -0.184. The smallest absolute Gasteiger partial charge is 0.277 e. The van der Waals surface area contributed by atoms with Gasteiger partial charge < -0.3 is 19.7 Å². The van der Waals surface area contributed by atoms with Crippen LogP contribution in [0.5, 0.6) is 11.5 Å². The molecule has 0 spiro atoms. The summed E-state index contributed by atoms with van der Waals surface area (Å²) in [6, 6.07) is 14.8. The lowest BCUT2D eigenvalue weighted by Gasteiger charge is -2.21. The van der Waals surface area contributed by atoms with Crippen LogP contribution in [0.3, 0.4) is 0 Å². The first-order valence-electron chi connectivity index (χ1n) is 9.26. The van der Waals surface area contributed by atoms with Crippen LogP contribution < -0.4 is 19.7 Å². The molecular weight excluding hydrogens is 368 g/mol. The quantitative estimate of drug-likeness (QED) is 0.649. The predicted molar refractivity (Wildman–Crippen MR) is 113 cm³/mol. The number of rotatable bonds is 7. The van der Waals surface area contributed by atoms with Crippen molar-refractivity contribution in [2.75, 3.05) is 31.0 Å². The van der Waals surface area contributed by atoms with E-state index in [-0.39, 0.29) is 5.91 Å². The molecule has 0 unspecified atom stereocenters. The maximum atomic E-state index is 13.0. The first-order valence-corrected chi connectivity index (χ1v) is 9.26. The van der Waals surface area contributed by atoms with Crippen LogP contribution in [0, 0.1) is 6.92 Å². The molecule has 0 fully saturated rings. The van der Waals surface area contributed by atoms with E-state index < -0.39 is 0 Å². The van der Waals surface area contributed by atoms with Crippen molar-refractivity contribution in [1.29, 1.82) is 0 Å². The van der Waals surface area contributed by atoms with Crippen molar-refractivity contribution >= 4 is 23.2 Å². The number of hydrogen-bond acceptors (Lipinski definition) is 6. The number of aromatic nitrogens is 2. The summed E-state index contributed by atoms with van der Waals surface area (Å²) in [7, 11) is 3.15. The average Bonchev–Trinajstić information content (AvgIpc) is 2.74. The molecule has 0 radical (unpaired) electrons. The van der Waals surface area contributed by atoms with Crippen molar-refractivity contribution in [1.82, 2.24) is 9.97 Å². The Labute approximate surface area is 170 Å². The van der Waals surface area contributed by atoms with E-state index >= 15 is 0 Å². The summed E-state index contributed by atoms with van der Waals surface area (Å²) >= 11 is 0. The van der Waals surface area contributed by atoms with Crippen LogP contribution in [-0.4, -0.2) is 36.6 Å². The lowest BCUT2D eigenvalue weighted by atomic mass is 10.2. The number of aryl methyl sites for hydroxylation is 1. The molecule has 2 aromatic carbocycles. The van der Waals surface area contributed by atoms with Gasteiger partial charge in [-0.3, -0.25) is 4.79 Å². The highest BCUT2D eigenvalue weighted by atomic mass is 16.5. The van der Waals surface area contributed by atoms with Crippen LogP contribution in [0.15, 0.2) is 54.7 Å². The molecule has 1 heterocycles. The monoisotopic (exact) mass is 392 g/mol. The maximum absolute atomic E-state index is 13.0. The summed E-state index contributed by atoms with van der Waals surface area (Å²) in [5, 5.41) is 3.10. The molecule has 150 valence electrons. The van der Waals surface area contributed by atoms with Gasteiger partial charge in [-0.1, -0.05) is 12.1 Å². The van der Waals surface area contributed by atoms with Gasteiger partial charge in [0.1, 0.15) is 5.69 Å². The molecule has 0 atom stereocenters. The van der Waals surface area contributed by atoms with Gasteiger partial charge in [0.05, 0.1) is 14.2 Å². The Hall–Kier alpha value is -3.61. The van der Waals surface area contributed by atoms with Crippen LogP contribution in [0.1, 0.15) is 23.0 Å². The van der Waals surface area contributed by atoms with Gasteiger partial charge in [-0.2, -0.15) is 0 Å². The van der Waals surface area contributed by atoms with Crippen molar-refractivity contribution in [2.45, 2.75) is 13.8 Å². The van der Waals surface area contributed by atoms with Gasteiger partial charge in [-0.15, -0.1) is 0 Å². The molecule has 3 rings (SSSR count). The number of anilines is 3. The number of methoxy groups -OCH3 is 2. The molecule has 7 heteroatoms. The lowest BCUT2D eigenvalue weighted by Crippen LogP contribution is -2.31. The molecule has 1 aromatic heterocycles. The van der Waals surface area contributed by atoms with E-state index in [4.69, 9.17) is 9.47 Å². The highest BCUT2D eigenvalue weighted by Gasteiger charge is 2.18. The minimum absolute atomic E-state index is 0.184. The van der Waals surface area contributed by atoms with Crippen LogP contribution in [0.4, 0.5) is 17.3 Å². The first-order chi connectivity index (χ1) is 14.0. The molecule has 1 amide bonds. The van der Waals surface area contributed by atoms with Gasteiger partial charge in [-0.05, 0) is 49.7 Å². The van der Waals surface area contributed by atoms with E-state index in [0.717, 1.165) is 16.9 Å². The van der Waals surface area contributed by atoms with Crippen molar-refractivity contribution in [2.24, 2.45) is 0 Å². The third-order valence-electron chi connectivity index (χ3n) is 4.39. The van der Waals surface area contributed by atoms with Crippen LogP contribution >= 0.6 is 0 Å². The standard InChI is InChI=1S/C22H24N4O3/c1-5-26(17-8-6-7-15(2)13-17)21(27)18-11-12-23-22(25-18)24-16-9-10-19(28-3)20(14-16)29-4/h6-14H,5H2,1-4H3,(H,23,24,25). The van der Waals surface area contributed by atoms with E-state index in [1.807, 2.05) is 44.2 Å². The Morgan fingerprint density at radius 2 is 1.86 bits per heavy atom. The van der Waals surface area contributed by atoms with Crippen LogP contribution in [0.25, 0.3) is 0 Å². The fourth-order valence-electron chi connectivity index (χ4n) is 2.96. The van der Waals surface area contributed by atoms with Crippen molar-refractivity contribution in [3.05, 3.63) is 66.0 Å². The van der Waals surface area contributed by atoms with Crippen molar-refractivity contribution < 1.29 is 14.3 Å². The summed E-state index contributed by atoms with van der Waals surface area (Å²) < 4.78 is 10.6. The van der Waals surface area contributed by atoms with Crippen LogP contribution in [0.2, 0.25) is 0 Å². The molecule has 0 saturated carbocycles. The average molecular weight is 392 g/mol. The number of carbonyl (C=O) groups is 1. The van der Waals surface area contributed by atoms with Crippen molar-refractivity contribution in [3.8, 4) is 11.5 Å². The number of nitrogens with one attached hydrogen (secondary N) is 1. The van der Waals surface area contributed by atoms with E-state index in [1.165, 1.54) is 0 Å². The molecule has 0 aliphatic rings. The molecule has 0 saturated heterocycles. The zero-order valence-electron chi connectivity index (χ0n) is 17.0. The Bertz CT molecular complexity index is 1010. The maximum Gasteiger partial charge on any atom is 0.277 e. The third-order valence-corrected chi connectivity index (χ3v) is 4.39. The largest absolute Gasteiger partial charge is 0.493 e. The number of amides is 1. The third kappa shape index (κ3) is 4.63. The second-order valence-corrected chi connectivity index (χ2v) is 6.35. The number of benzene rings is 2. The summed E-state index contributed by atoms with van der Waals surface area (Å²) in [6.45, 7) is 4.46. The Morgan fingerprint density at radius 1 is 1.07 bits per heavy atom. The highest BCUT2D eigenvalue weighted by Crippen LogP contribution is 2.30. The number of nitrogens with zero attached hydrogens (tertiary/aromatic N) is 3. The van der Waals surface area contributed by atoms with E-state index in [9.17, 15) is 4.79 Å². The second-order valence-electron chi connectivity index (χ2n) is 6.35. The summed E-state index contributed by atoms with van der Waals surface area (Å²) in [5.41, 5.74) is 2.96. The van der Waals surface area contributed by atoms with Gasteiger partial charge in [-0.25, -0.2) is 9.97 Å². The molecule has 7 nitrogen and oxygen atoms in total. The molecule has 1 N–H and O–H groups in total. The Balaban J connectivity index is 1.84. The van der Waals surface area contributed by atoms with E-state index in [2.05, 4.69) is 15.3 Å². The van der Waals surface area contributed by atoms with Gasteiger partial charge in [0.2, 0.25) is 5.95 Å². The van der Waals surface area contributed by atoms with Gasteiger partial charge >= 0.3 is 0 Å². The lowest BCUT2D eigenvalue weighted by molar-refractivity contribution is 0.0983. The molecule has 0 bridgehead atoms. The normalized spacial score (nSPS) is 10.3. The fourth-order valence-corrected chi connectivity index (χ4v) is 2.96. The predicted octanol–water partition coefficient (Wildman–Crippen LogP) is 4.21. The highest BCUT2D eigenvalue weighted by molar-refractivity contribution is 6.04. The molecule has 29 heavy (non-hydrogen) atoms. The SMILES string of the molecule is CCN(C(=O)c1ccnc(Nc2ccc(OC)c(OC)c2)n1)c1cccc(C)c1. The summed E-state index contributed by atoms with van der Waals surface area (Å²) in [5.74, 6) is 1.35. The Morgan fingerprint density at radius 3 is 2.55 bits per heavy atom. The molecule has 0 aliphatic carbocycles. The zero-order chi connectivity index (χ0) is 20.8. The first kappa shape index (κ1) is 20.1. The topological polar surface area (TPSA) is 76.6 Å². The van der Waals surface area contributed by atoms with Gasteiger partial charge in [0.15, 0.2) is 11.5 Å². The number of carbonyl (C=O) groups excluding carboxylic acids is 1. The Kier molecular flexibility index (Phi) is 6.29. The molecular formula is C22H24N4O3. The molecule has 3 aromatic rings. The second kappa shape index (κ2) is 9.05. The number of ether oxygens (including phenoxy) is 2. The summed E-state index contributed by atoms with van der Waals surface area (Å²) in [6.07, 6.45) is 1.56. The molecule has 0 aliphatic heterocycles. The minimum Gasteiger partial charge on any atom is -0.493 e. The van der Waals surface area contributed by atoms with Gasteiger partial charge in [0, 0.05) is 30.2 Å². The fraction of sp³-hybridized carbons (Fsp3) is 0.227. The zero-order valence-corrected chi connectivity index (χ0v) is 17.0. The van der Waals surface area contributed by atoms with E-state index in [1.54, 1.807) is 43.5 Å².